The summed E-state index contributed by atoms with van der Waals surface area (Å²) in [4.78, 5) is 17.1. The molecule has 0 radical (unpaired) electrons. The van der Waals surface area contributed by atoms with Gasteiger partial charge in [-0.05, 0) is 35.2 Å². The number of ether oxygens (including phenoxy) is 2. The molecule has 0 unspecified atom stereocenters. The van der Waals surface area contributed by atoms with E-state index in [1.54, 1.807) is 0 Å². The van der Waals surface area contributed by atoms with Gasteiger partial charge in [0.2, 0.25) is 0 Å². The van der Waals surface area contributed by atoms with Crippen LogP contribution in [0.1, 0.15) is 36.7 Å². The molecule has 2 aromatic rings. The molecule has 0 spiro atoms. The predicted molar refractivity (Wildman–Crippen MR) is 111 cm³/mol. The lowest BCUT2D eigenvalue weighted by Crippen LogP contribution is -2.48. The summed E-state index contributed by atoms with van der Waals surface area (Å²) in [5.74, 6) is 1.73. The smallest absolute Gasteiger partial charge is 0.253 e. The number of nitrogens with zero attached hydrogens (tertiary/aromatic N) is 2. The first kappa shape index (κ1) is 18.7. The zero-order valence-electron chi connectivity index (χ0n) is 16.9. The van der Waals surface area contributed by atoms with E-state index < -0.39 is 0 Å². The van der Waals surface area contributed by atoms with Gasteiger partial charge in [-0.2, -0.15) is 0 Å². The summed E-state index contributed by atoms with van der Waals surface area (Å²) in [6.45, 7) is 10.8. The van der Waals surface area contributed by atoms with Gasteiger partial charge in [-0.1, -0.05) is 32.9 Å². The van der Waals surface area contributed by atoms with Gasteiger partial charge in [-0.25, -0.2) is 0 Å². The predicted octanol–water partition coefficient (Wildman–Crippen LogP) is 3.72. The lowest BCUT2D eigenvalue weighted by Gasteiger charge is -2.36. The number of benzene rings is 2. The number of fused-ring (bicyclic) bond motifs is 1. The number of hydrogen-bond acceptors (Lipinski definition) is 4. The van der Waals surface area contributed by atoms with Crippen molar-refractivity contribution >= 4 is 11.6 Å². The van der Waals surface area contributed by atoms with Gasteiger partial charge in [-0.3, -0.25) is 4.79 Å². The van der Waals surface area contributed by atoms with Gasteiger partial charge < -0.3 is 19.3 Å². The zero-order chi connectivity index (χ0) is 19.7. The van der Waals surface area contributed by atoms with E-state index in [-0.39, 0.29) is 11.3 Å². The molecular formula is C23H28N2O3. The Morgan fingerprint density at radius 3 is 2.14 bits per heavy atom. The van der Waals surface area contributed by atoms with Crippen LogP contribution in [-0.4, -0.2) is 50.2 Å². The molecule has 5 heteroatoms. The number of rotatable bonds is 2. The molecule has 1 amide bonds. The average Bonchev–Trinajstić information content (AvgIpc) is 2.72. The summed E-state index contributed by atoms with van der Waals surface area (Å²) >= 11 is 0. The highest BCUT2D eigenvalue weighted by Gasteiger charge is 2.24. The first-order valence-electron chi connectivity index (χ1n) is 9.96. The highest BCUT2D eigenvalue weighted by Crippen LogP contribution is 2.34. The summed E-state index contributed by atoms with van der Waals surface area (Å²) in [6, 6.07) is 14.1. The highest BCUT2D eigenvalue weighted by atomic mass is 16.6. The van der Waals surface area contributed by atoms with E-state index in [1.807, 2.05) is 29.2 Å². The maximum absolute atomic E-state index is 12.9. The largest absolute Gasteiger partial charge is 0.486 e. The molecule has 5 nitrogen and oxygen atoms in total. The quantitative estimate of drug-likeness (QED) is 0.796. The fraction of sp³-hybridized carbons (Fsp3) is 0.435. The zero-order valence-corrected chi connectivity index (χ0v) is 16.9. The third-order valence-electron chi connectivity index (χ3n) is 5.46. The Labute approximate surface area is 166 Å². The Bertz CT molecular complexity index is 847. The van der Waals surface area contributed by atoms with Crippen molar-refractivity contribution in [3.05, 3.63) is 53.6 Å². The molecule has 0 bridgehead atoms. The Hall–Kier alpha value is -2.69. The fourth-order valence-electron chi connectivity index (χ4n) is 3.69. The Morgan fingerprint density at radius 1 is 0.857 bits per heavy atom. The van der Waals surface area contributed by atoms with Crippen molar-refractivity contribution in [2.24, 2.45) is 0 Å². The molecule has 1 fully saturated rings. The molecule has 0 saturated carbocycles. The first-order chi connectivity index (χ1) is 13.4. The molecule has 1 saturated heterocycles. The number of carbonyl (C=O) groups is 1. The number of hydrogen-bond donors (Lipinski definition) is 0. The summed E-state index contributed by atoms with van der Waals surface area (Å²) in [5.41, 5.74) is 3.22. The van der Waals surface area contributed by atoms with Crippen molar-refractivity contribution in [2.75, 3.05) is 44.3 Å². The van der Waals surface area contributed by atoms with Gasteiger partial charge in [0.25, 0.3) is 5.91 Å². The Balaban J connectivity index is 1.39. The van der Waals surface area contributed by atoms with Gasteiger partial charge in [0.05, 0.1) is 0 Å². The van der Waals surface area contributed by atoms with Gasteiger partial charge in [-0.15, -0.1) is 0 Å². The van der Waals surface area contributed by atoms with E-state index in [4.69, 9.17) is 9.47 Å². The molecule has 0 aromatic heterocycles. The summed E-state index contributed by atoms with van der Waals surface area (Å²) < 4.78 is 11.3. The fourth-order valence-corrected chi connectivity index (χ4v) is 3.69. The molecule has 0 N–H and O–H groups in total. The maximum Gasteiger partial charge on any atom is 0.253 e. The minimum Gasteiger partial charge on any atom is -0.486 e. The SMILES string of the molecule is CC(C)(C)c1ccc(C(=O)N2CCN(c3ccc4c(c3)OCCO4)CC2)cc1. The second-order valence-corrected chi connectivity index (χ2v) is 8.43. The molecule has 4 rings (SSSR count). The van der Waals surface area contributed by atoms with E-state index in [0.717, 1.165) is 35.8 Å². The normalized spacial score (nSPS) is 16.8. The first-order valence-corrected chi connectivity index (χ1v) is 9.96. The minimum absolute atomic E-state index is 0.0941. The molecule has 28 heavy (non-hydrogen) atoms. The third-order valence-corrected chi connectivity index (χ3v) is 5.46. The van der Waals surface area contributed by atoms with Crippen molar-refractivity contribution in [3.8, 4) is 11.5 Å². The second kappa shape index (κ2) is 7.38. The van der Waals surface area contributed by atoms with E-state index in [2.05, 4.69) is 43.9 Å². The third kappa shape index (κ3) is 3.79. The number of amides is 1. The van der Waals surface area contributed by atoms with Gasteiger partial charge in [0.1, 0.15) is 13.2 Å². The standard InChI is InChI=1S/C23H28N2O3/c1-23(2,3)18-6-4-17(5-7-18)22(26)25-12-10-24(11-13-25)19-8-9-20-21(16-19)28-15-14-27-20/h4-9,16H,10-15H2,1-3H3. The lowest BCUT2D eigenvalue weighted by molar-refractivity contribution is 0.0746. The van der Waals surface area contributed by atoms with E-state index in [0.29, 0.717) is 26.3 Å². The highest BCUT2D eigenvalue weighted by molar-refractivity contribution is 5.94. The van der Waals surface area contributed by atoms with Gasteiger partial charge >= 0.3 is 0 Å². The van der Waals surface area contributed by atoms with Crippen molar-refractivity contribution < 1.29 is 14.3 Å². The van der Waals surface area contributed by atoms with Crippen LogP contribution in [0, 0.1) is 0 Å². The van der Waals surface area contributed by atoms with Crippen LogP contribution in [0.3, 0.4) is 0 Å². The average molecular weight is 380 g/mol. The van der Waals surface area contributed by atoms with Gasteiger partial charge in [0, 0.05) is 43.5 Å². The van der Waals surface area contributed by atoms with Crippen LogP contribution in [-0.2, 0) is 5.41 Å². The van der Waals surface area contributed by atoms with E-state index >= 15 is 0 Å². The van der Waals surface area contributed by atoms with Crippen molar-refractivity contribution in [1.29, 1.82) is 0 Å². The summed E-state index contributed by atoms with van der Waals surface area (Å²) in [5, 5.41) is 0. The van der Waals surface area contributed by atoms with Crippen LogP contribution < -0.4 is 14.4 Å². The lowest BCUT2D eigenvalue weighted by atomic mass is 9.86. The van der Waals surface area contributed by atoms with Crippen molar-refractivity contribution in [2.45, 2.75) is 26.2 Å². The molecule has 0 aliphatic carbocycles. The van der Waals surface area contributed by atoms with Crippen LogP contribution >= 0.6 is 0 Å². The molecular weight excluding hydrogens is 352 g/mol. The molecule has 2 aromatic carbocycles. The molecule has 2 heterocycles. The minimum atomic E-state index is 0.0941. The van der Waals surface area contributed by atoms with Crippen LogP contribution in [0.4, 0.5) is 5.69 Å². The molecule has 0 atom stereocenters. The topological polar surface area (TPSA) is 42.0 Å². The monoisotopic (exact) mass is 380 g/mol. The number of anilines is 1. The van der Waals surface area contributed by atoms with Crippen LogP contribution in [0.5, 0.6) is 11.5 Å². The number of piperazine rings is 1. The van der Waals surface area contributed by atoms with Crippen LogP contribution in [0.2, 0.25) is 0 Å². The second-order valence-electron chi connectivity index (χ2n) is 8.43. The van der Waals surface area contributed by atoms with Gasteiger partial charge in [0.15, 0.2) is 11.5 Å². The van der Waals surface area contributed by atoms with Crippen molar-refractivity contribution in [1.82, 2.24) is 4.90 Å². The maximum atomic E-state index is 12.9. The number of carbonyl (C=O) groups excluding carboxylic acids is 1. The van der Waals surface area contributed by atoms with Crippen molar-refractivity contribution in [3.63, 3.8) is 0 Å². The van der Waals surface area contributed by atoms with E-state index in [1.165, 1.54) is 5.56 Å². The Kier molecular flexibility index (Phi) is 4.92. The van der Waals surface area contributed by atoms with E-state index in [9.17, 15) is 4.79 Å². The van der Waals surface area contributed by atoms with Crippen LogP contribution in [0.15, 0.2) is 42.5 Å². The molecule has 2 aliphatic heterocycles. The molecule has 148 valence electrons. The van der Waals surface area contributed by atoms with Crippen LogP contribution in [0.25, 0.3) is 0 Å². The summed E-state index contributed by atoms with van der Waals surface area (Å²) in [7, 11) is 0. The summed E-state index contributed by atoms with van der Waals surface area (Å²) in [6.07, 6.45) is 0. The molecule has 2 aliphatic rings. The Morgan fingerprint density at radius 2 is 1.50 bits per heavy atom.